The molecule has 0 saturated heterocycles. The zero-order valence-electron chi connectivity index (χ0n) is 10.1. The van der Waals surface area contributed by atoms with Gasteiger partial charge in [-0.25, -0.2) is 0 Å². The van der Waals surface area contributed by atoms with E-state index in [1.807, 2.05) is 34.9 Å². The van der Waals surface area contributed by atoms with Gasteiger partial charge in [-0.15, -0.1) is 0 Å². The van der Waals surface area contributed by atoms with Crippen LogP contribution in [0.5, 0.6) is 0 Å². The van der Waals surface area contributed by atoms with Crippen LogP contribution in [0, 0.1) is 11.8 Å². The fourth-order valence-electron chi connectivity index (χ4n) is 2.09. The molecule has 0 unspecified atom stereocenters. The molecule has 0 spiro atoms. The van der Waals surface area contributed by atoms with Crippen molar-refractivity contribution in [3.05, 3.63) is 64.5 Å². The Labute approximate surface area is 110 Å². The number of nitrogens with zero attached hydrogens (tertiary/aromatic N) is 1. The van der Waals surface area contributed by atoms with Gasteiger partial charge in [-0.3, -0.25) is 4.57 Å². The second-order valence-electron chi connectivity index (χ2n) is 4.41. The molecule has 1 heterocycles. The van der Waals surface area contributed by atoms with Gasteiger partial charge in [-0.05, 0) is 42.4 Å². The van der Waals surface area contributed by atoms with E-state index in [1.165, 1.54) is 11.1 Å². The Hall–Kier alpha value is -1.87. The highest BCUT2D eigenvalue weighted by Crippen LogP contribution is 2.20. The molecular formula is C15H13NOS. The molecule has 0 saturated carbocycles. The Morgan fingerprint density at radius 3 is 2.67 bits per heavy atom. The smallest absolute Gasteiger partial charge is 0.269 e. The van der Waals surface area contributed by atoms with Crippen molar-refractivity contribution >= 4 is 23.3 Å². The van der Waals surface area contributed by atoms with Gasteiger partial charge in [0.05, 0.1) is 12.1 Å². The van der Waals surface area contributed by atoms with Crippen LogP contribution in [0.3, 0.4) is 0 Å². The number of rotatable bonds is 2. The predicted molar refractivity (Wildman–Crippen MR) is 75.3 cm³/mol. The Kier molecular flexibility index (Phi) is 2.76. The van der Waals surface area contributed by atoms with Gasteiger partial charge in [0.25, 0.3) is 4.84 Å². The molecule has 0 N–H and O–H groups in total. The van der Waals surface area contributed by atoms with Crippen LogP contribution in [-0.2, 0) is 6.54 Å². The Morgan fingerprint density at radius 2 is 1.89 bits per heavy atom. The molecule has 0 atom stereocenters. The molecule has 0 radical (unpaired) electrons. The van der Waals surface area contributed by atoms with E-state index in [4.69, 9.17) is 16.6 Å². The largest absolute Gasteiger partial charge is 0.429 e. The van der Waals surface area contributed by atoms with Gasteiger partial charge in [0.2, 0.25) is 0 Å². The first-order valence-electron chi connectivity index (χ1n) is 5.88. The fraction of sp³-hybridized carbons (Fsp3) is 0.133. The van der Waals surface area contributed by atoms with Gasteiger partial charge in [0, 0.05) is 0 Å². The van der Waals surface area contributed by atoms with Crippen LogP contribution < -0.4 is 0 Å². The van der Waals surface area contributed by atoms with Crippen molar-refractivity contribution in [2.75, 3.05) is 0 Å². The van der Waals surface area contributed by atoms with Crippen molar-refractivity contribution < 1.29 is 4.42 Å². The van der Waals surface area contributed by atoms with E-state index in [9.17, 15) is 0 Å². The lowest BCUT2D eigenvalue weighted by molar-refractivity contribution is 0.548. The quantitative estimate of drug-likeness (QED) is 0.635. The number of fused-ring (bicyclic) bond motifs is 1. The van der Waals surface area contributed by atoms with E-state index >= 15 is 0 Å². The lowest BCUT2D eigenvalue weighted by atomic mass is 10.2. The average molecular weight is 255 g/mol. The third kappa shape index (κ3) is 1.97. The van der Waals surface area contributed by atoms with Crippen molar-refractivity contribution in [3.63, 3.8) is 0 Å². The molecule has 0 aliphatic rings. The van der Waals surface area contributed by atoms with Gasteiger partial charge >= 0.3 is 0 Å². The first-order valence-corrected chi connectivity index (χ1v) is 6.29. The van der Waals surface area contributed by atoms with Crippen LogP contribution in [0.1, 0.15) is 11.1 Å². The van der Waals surface area contributed by atoms with Gasteiger partial charge in [0.15, 0.2) is 5.58 Å². The normalized spacial score (nSPS) is 10.9. The number of hydrogen-bond donors (Lipinski definition) is 0. The van der Waals surface area contributed by atoms with Crippen LogP contribution in [-0.4, -0.2) is 4.57 Å². The number of oxazole rings is 1. The number of aryl methyl sites for hydroxylation is 1. The lowest BCUT2D eigenvalue weighted by Gasteiger charge is -2.03. The van der Waals surface area contributed by atoms with Gasteiger partial charge < -0.3 is 4.42 Å². The maximum atomic E-state index is 5.60. The van der Waals surface area contributed by atoms with Crippen molar-refractivity contribution in [1.82, 2.24) is 4.57 Å². The standard InChI is InChI=1S/C15H13NOS/c1-11-7-8-14-13(9-11)16(15(18)17-14)10-12-5-3-2-4-6-12/h2-9H,10H2,1H3. The minimum Gasteiger partial charge on any atom is -0.429 e. The van der Waals surface area contributed by atoms with Gasteiger partial charge in [0.1, 0.15) is 0 Å². The summed E-state index contributed by atoms with van der Waals surface area (Å²) < 4.78 is 7.64. The SMILES string of the molecule is Cc1ccc2oc(=S)n(Cc3ccccc3)c2c1. The summed E-state index contributed by atoms with van der Waals surface area (Å²) in [5, 5.41) is 0. The predicted octanol–water partition coefficient (Wildman–Crippen LogP) is 4.32. The molecule has 2 aromatic carbocycles. The molecule has 18 heavy (non-hydrogen) atoms. The van der Waals surface area contributed by atoms with Crippen LogP contribution in [0.25, 0.3) is 11.1 Å². The molecule has 0 bridgehead atoms. The molecule has 3 heteroatoms. The van der Waals surface area contributed by atoms with E-state index in [0.29, 0.717) is 4.84 Å². The summed E-state index contributed by atoms with van der Waals surface area (Å²) in [6.45, 7) is 2.82. The van der Waals surface area contributed by atoms with E-state index in [1.54, 1.807) is 0 Å². The van der Waals surface area contributed by atoms with Crippen LogP contribution >= 0.6 is 12.2 Å². The second kappa shape index (κ2) is 4.42. The molecule has 90 valence electrons. The van der Waals surface area contributed by atoms with Crippen LogP contribution in [0.15, 0.2) is 52.9 Å². The highest BCUT2D eigenvalue weighted by molar-refractivity contribution is 7.71. The van der Waals surface area contributed by atoms with Gasteiger partial charge in [-0.2, -0.15) is 0 Å². The molecule has 3 rings (SSSR count). The molecule has 1 aromatic heterocycles. The summed E-state index contributed by atoms with van der Waals surface area (Å²) in [5.41, 5.74) is 4.34. The Bertz CT molecular complexity index is 740. The number of hydrogen-bond acceptors (Lipinski definition) is 2. The summed E-state index contributed by atoms with van der Waals surface area (Å²) in [4.78, 5) is 0.527. The molecule has 0 aliphatic carbocycles. The van der Waals surface area contributed by atoms with E-state index < -0.39 is 0 Å². The summed E-state index contributed by atoms with van der Waals surface area (Å²) in [6.07, 6.45) is 0. The monoisotopic (exact) mass is 255 g/mol. The number of benzene rings is 2. The van der Waals surface area contributed by atoms with Crippen LogP contribution in [0.4, 0.5) is 0 Å². The minimum atomic E-state index is 0.527. The molecule has 3 aromatic rings. The van der Waals surface area contributed by atoms with Crippen LogP contribution in [0.2, 0.25) is 0 Å². The van der Waals surface area contributed by atoms with E-state index in [2.05, 4.69) is 25.1 Å². The topological polar surface area (TPSA) is 18.1 Å². The zero-order valence-corrected chi connectivity index (χ0v) is 10.9. The number of aromatic nitrogens is 1. The molecule has 0 amide bonds. The molecule has 2 nitrogen and oxygen atoms in total. The Balaban J connectivity index is 2.14. The summed E-state index contributed by atoms with van der Waals surface area (Å²) in [5.74, 6) is 0. The Morgan fingerprint density at radius 1 is 1.11 bits per heavy atom. The third-order valence-electron chi connectivity index (χ3n) is 3.01. The molecule has 0 aliphatic heterocycles. The van der Waals surface area contributed by atoms with Crippen molar-refractivity contribution in [1.29, 1.82) is 0 Å². The maximum absolute atomic E-state index is 5.60. The highest BCUT2D eigenvalue weighted by Gasteiger charge is 2.07. The van der Waals surface area contributed by atoms with Crippen molar-refractivity contribution in [3.8, 4) is 0 Å². The van der Waals surface area contributed by atoms with Crippen molar-refractivity contribution in [2.45, 2.75) is 13.5 Å². The molecule has 0 fully saturated rings. The average Bonchev–Trinajstić information content (AvgIpc) is 2.67. The highest BCUT2D eigenvalue weighted by atomic mass is 32.1. The lowest BCUT2D eigenvalue weighted by Crippen LogP contribution is -1.99. The van der Waals surface area contributed by atoms with E-state index in [-0.39, 0.29) is 0 Å². The van der Waals surface area contributed by atoms with Crippen molar-refractivity contribution in [2.24, 2.45) is 0 Å². The maximum Gasteiger partial charge on any atom is 0.269 e. The molecular weight excluding hydrogens is 242 g/mol. The minimum absolute atomic E-state index is 0.527. The van der Waals surface area contributed by atoms with Gasteiger partial charge in [-0.1, -0.05) is 36.4 Å². The summed E-state index contributed by atoms with van der Waals surface area (Å²) in [7, 11) is 0. The van der Waals surface area contributed by atoms with E-state index in [0.717, 1.165) is 17.6 Å². The fourth-order valence-corrected chi connectivity index (χ4v) is 2.34. The first kappa shape index (κ1) is 11.2. The first-order chi connectivity index (χ1) is 8.74. The third-order valence-corrected chi connectivity index (χ3v) is 3.31. The summed E-state index contributed by atoms with van der Waals surface area (Å²) in [6, 6.07) is 16.4. The second-order valence-corrected chi connectivity index (χ2v) is 4.76. The summed E-state index contributed by atoms with van der Waals surface area (Å²) >= 11 is 5.29. The zero-order chi connectivity index (χ0) is 12.5.